The minimum absolute atomic E-state index is 0.192. The Morgan fingerprint density at radius 2 is 1.95 bits per heavy atom. The number of nitrogens with one attached hydrogen (secondary N) is 1. The standard InChI is InChI=1S/C15H16FN3O3/c1-9-10(13(20)18-15(2,3)14(21)22)8-17-19(9)12-7-5-4-6-11(12)16/h4-8H,1-3H3,(H,18,20)(H,21,22). The van der Waals surface area contributed by atoms with Crippen LogP contribution in [-0.2, 0) is 4.79 Å². The molecule has 22 heavy (non-hydrogen) atoms. The topological polar surface area (TPSA) is 84.2 Å². The second-order valence-electron chi connectivity index (χ2n) is 5.39. The van der Waals surface area contributed by atoms with E-state index in [4.69, 9.17) is 5.11 Å². The van der Waals surface area contributed by atoms with E-state index in [9.17, 15) is 14.0 Å². The van der Waals surface area contributed by atoms with Gasteiger partial charge in [0.25, 0.3) is 5.91 Å². The summed E-state index contributed by atoms with van der Waals surface area (Å²) in [5, 5.41) is 15.5. The quantitative estimate of drug-likeness (QED) is 0.903. The van der Waals surface area contributed by atoms with E-state index in [-0.39, 0.29) is 11.3 Å². The van der Waals surface area contributed by atoms with Crippen molar-refractivity contribution in [3.05, 3.63) is 47.5 Å². The van der Waals surface area contributed by atoms with Gasteiger partial charge in [0.15, 0.2) is 0 Å². The molecule has 0 aliphatic carbocycles. The van der Waals surface area contributed by atoms with E-state index in [1.165, 1.54) is 36.9 Å². The number of halogens is 1. The highest BCUT2D eigenvalue weighted by Gasteiger charge is 2.30. The highest BCUT2D eigenvalue weighted by atomic mass is 19.1. The molecule has 0 fully saturated rings. The van der Waals surface area contributed by atoms with E-state index in [1.807, 2.05) is 0 Å². The van der Waals surface area contributed by atoms with E-state index in [1.54, 1.807) is 19.1 Å². The molecule has 1 aromatic carbocycles. The van der Waals surface area contributed by atoms with Crippen molar-refractivity contribution in [1.82, 2.24) is 15.1 Å². The summed E-state index contributed by atoms with van der Waals surface area (Å²) < 4.78 is 15.1. The van der Waals surface area contributed by atoms with Gasteiger partial charge in [0.1, 0.15) is 17.0 Å². The Morgan fingerprint density at radius 3 is 2.55 bits per heavy atom. The van der Waals surface area contributed by atoms with Gasteiger partial charge in [0.2, 0.25) is 0 Å². The molecule has 1 aromatic heterocycles. The minimum atomic E-state index is -1.41. The average molecular weight is 305 g/mol. The van der Waals surface area contributed by atoms with Gasteiger partial charge in [-0.3, -0.25) is 4.79 Å². The molecule has 0 spiro atoms. The summed E-state index contributed by atoms with van der Waals surface area (Å²) in [6.45, 7) is 4.37. The monoisotopic (exact) mass is 305 g/mol. The SMILES string of the molecule is Cc1c(C(=O)NC(C)(C)C(=O)O)cnn1-c1ccccc1F. The molecular weight excluding hydrogens is 289 g/mol. The van der Waals surface area contributed by atoms with Crippen LogP contribution in [0, 0.1) is 12.7 Å². The summed E-state index contributed by atoms with van der Waals surface area (Å²) in [7, 11) is 0. The highest BCUT2D eigenvalue weighted by Crippen LogP contribution is 2.17. The van der Waals surface area contributed by atoms with E-state index in [0.717, 1.165) is 0 Å². The Labute approximate surface area is 126 Å². The number of amides is 1. The first kappa shape index (κ1) is 15.7. The maximum atomic E-state index is 13.8. The second-order valence-corrected chi connectivity index (χ2v) is 5.39. The molecular formula is C15H16FN3O3. The lowest BCUT2D eigenvalue weighted by molar-refractivity contribution is -0.143. The Balaban J connectivity index is 2.34. The van der Waals surface area contributed by atoms with E-state index < -0.39 is 23.2 Å². The Hall–Kier alpha value is -2.70. The zero-order valence-corrected chi connectivity index (χ0v) is 12.4. The molecule has 1 amide bonds. The number of nitrogens with zero attached hydrogens (tertiary/aromatic N) is 2. The molecule has 7 heteroatoms. The molecule has 0 bridgehead atoms. The van der Waals surface area contributed by atoms with Crippen molar-refractivity contribution < 1.29 is 19.1 Å². The summed E-state index contributed by atoms with van der Waals surface area (Å²) in [5.74, 6) is -2.20. The Kier molecular flexibility index (Phi) is 3.99. The molecule has 2 rings (SSSR count). The predicted molar refractivity (Wildman–Crippen MR) is 77.4 cm³/mol. The van der Waals surface area contributed by atoms with Crippen molar-refractivity contribution in [2.24, 2.45) is 0 Å². The maximum Gasteiger partial charge on any atom is 0.328 e. The van der Waals surface area contributed by atoms with Gasteiger partial charge in [-0.15, -0.1) is 0 Å². The third kappa shape index (κ3) is 2.83. The first-order chi connectivity index (χ1) is 10.2. The van der Waals surface area contributed by atoms with Crippen LogP contribution in [-0.4, -0.2) is 32.3 Å². The Morgan fingerprint density at radius 1 is 1.32 bits per heavy atom. The molecule has 0 aliphatic rings. The molecule has 2 N–H and O–H groups in total. The van der Waals surface area contributed by atoms with Gasteiger partial charge in [0, 0.05) is 0 Å². The predicted octanol–water partition coefficient (Wildman–Crippen LogP) is 1.91. The van der Waals surface area contributed by atoms with Crippen LogP contribution in [0.1, 0.15) is 29.9 Å². The molecule has 0 radical (unpaired) electrons. The second kappa shape index (κ2) is 5.59. The third-order valence-electron chi connectivity index (χ3n) is 3.30. The normalized spacial score (nSPS) is 11.3. The van der Waals surface area contributed by atoms with Crippen LogP contribution < -0.4 is 5.32 Å². The molecule has 2 aromatic rings. The number of carbonyl (C=O) groups is 2. The van der Waals surface area contributed by atoms with Crippen LogP contribution in [0.4, 0.5) is 4.39 Å². The van der Waals surface area contributed by atoms with Crippen LogP contribution in [0.5, 0.6) is 0 Å². The molecule has 0 aliphatic heterocycles. The number of hydrogen-bond donors (Lipinski definition) is 2. The van der Waals surface area contributed by atoms with Crippen LogP contribution >= 0.6 is 0 Å². The van der Waals surface area contributed by atoms with Gasteiger partial charge in [-0.05, 0) is 32.9 Å². The molecule has 0 saturated heterocycles. The first-order valence-electron chi connectivity index (χ1n) is 6.59. The van der Waals surface area contributed by atoms with Gasteiger partial charge in [0.05, 0.1) is 17.5 Å². The number of rotatable bonds is 4. The van der Waals surface area contributed by atoms with Crippen LogP contribution in [0.2, 0.25) is 0 Å². The number of carbonyl (C=O) groups excluding carboxylic acids is 1. The van der Waals surface area contributed by atoms with Gasteiger partial charge >= 0.3 is 5.97 Å². The lowest BCUT2D eigenvalue weighted by Gasteiger charge is -2.20. The first-order valence-corrected chi connectivity index (χ1v) is 6.59. The summed E-state index contributed by atoms with van der Waals surface area (Å²) in [5.41, 5.74) is -0.582. The lowest BCUT2D eigenvalue weighted by Crippen LogP contribution is -2.49. The zero-order chi connectivity index (χ0) is 16.5. The molecule has 0 unspecified atom stereocenters. The Bertz CT molecular complexity index is 737. The molecule has 0 atom stereocenters. The fraction of sp³-hybridized carbons (Fsp3) is 0.267. The van der Waals surface area contributed by atoms with Crippen LogP contribution in [0.25, 0.3) is 5.69 Å². The van der Waals surface area contributed by atoms with Gasteiger partial charge in [-0.1, -0.05) is 12.1 Å². The summed E-state index contributed by atoms with van der Waals surface area (Å²) >= 11 is 0. The zero-order valence-electron chi connectivity index (χ0n) is 12.4. The average Bonchev–Trinajstić information content (AvgIpc) is 2.80. The lowest BCUT2D eigenvalue weighted by atomic mass is 10.1. The molecule has 1 heterocycles. The van der Waals surface area contributed by atoms with Crippen molar-refractivity contribution in [1.29, 1.82) is 0 Å². The maximum absolute atomic E-state index is 13.8. The summed E-state index contributed by atoms with van der Waals surface area (Å²) in [4.78, 5) is 23.3. The summed E-state index contributed by atoms with van der Waals surface area (Å²) in [6.07, 6.45) is 1.29. The van der Waals surface area contributed by atoms with Crippen molar-refractivity contribution >= 4 is 11.9 Å². The number of carboxylic acid groups (broad SMARTS) is 1. The van der Waals surface area contributed by atoms with Crippen molar-refractivity contribution in [3.8, 4) is 5.69 Å². The summed E-state index contributed by atoms with van der Waals surface area (Å²) in [6, 6.07) is 6.05. The van der Waals surface area contributed by atoms with Crippen molar-refractivity contribution in [2.45, 2.75) is 26.3 Å². The fourth-order valence-electron chi connectivity index (χ4n) is 1.90. The number of benzene rings is 1. The minimum Gasteiger partial charge on any atom is -0.480 e. The van der Waals surface area contributed by atoms with Gasteiger partial charge < -0.3 is 10.4 Å². The highest BCUT2D eigenvalue weighted by molar-refractivity contribution is 5.98. The number of aliphatic carboxylic acids is 1. The van der Waals surface area contributed by atoms with E-state index >= 15 is 0 Å². The van der Waals surface area contributed by atoms with Crippen LogP contribution in [0.15, 0.2) is 30.5 Å². The number of hydrogen-bond acceptors (Lipinski definition) is 3. The molecule has 0 saturated carbocycles. The third-order valence-corrected chi connectivity index (χ3v) is 3.30. The molecule has 116 valence electrons. The van der Waals surface area contributed by atoms with Crippen molar-refractivity contribution in [3.63, 3.8) is 0 Å². The number of carboxylic acids is 1. The van der Waals surface area contributed by atoms with Crippen LogP contribution in [0.3, 0.4) is 0 Å². The van der Waals surface area contributed by atoms with E-state index in [0.29, 0.717) is 5.69 Å². The van der Waals surface area contributed by atoms with Gasteiger partial charge in [-0.2, -0.15) is 5.10 Å². The van der Waals surface area contributed by atoms with E-state index in [2.05, 4.69) is 10.4 Å². The molecule has 6 nitrogen and oxygen atoms in total. The fourth-order valence-corrected chi connectivity index (χ4v) is 1.90. The van der Waals surface area contributed by atoms with Crippen molar-refractivity contribution in [2.75, 3.05) is 0 Å². The smallest absolute Gasteiger partial charge is 0.328 e. The largest absolute Gasteiger partial charge is 0.480 e. The van der Waals surface area contributed by atoms with Gasteiger partial charge in [-0.25, -0.2) is 13.9 Å². The number of aromatic nitrogens is 2. The number of para-hydroxylation sites is 1.